The van der Waals surface area contributed by atoms with Crippen molar-refractivity contribution in [3.63, 3.8) is 0 Å². The lowest BCUT2D eigenvalue weighted by Gasteiger charge is -2.05. The molecule has 0 unspecified atom stereocenters. The number of aromatic amines is 1. The molecule has 5 aromatic rings. The van der Waals surface area contributed by atoms with Crippen LogP contribution in [0.2, 0.25) is 0 Å². The molecule has 0 fully saturated rings. The molecule has 3 nitrogen and oxygen atoms in total. The van der Waals surface area contributed by atoms with Crippen molar-refractivity contribution >= 4 is 38.1 Å². The van der Waals surface area contributed by atoms with Gasteiger partial charge in [-0.2, -0.15) is 0 Å². The molecule has 3 heteroatoms. The summed E-state index contributed by atoms with van der Waals surface area (Å²) < 4.78 is 2.08. The largest absolute Gasteiger partial charge is 0.307 e. The normalized spacial score (nSPS) is 11.8. The van der Waals surface area contributed by atoms with Gasteiger partial charge in [-0.15, -0.1) is 0 Å². The van der Waals surface area contributed by atoms with Gasteiger partial charge >= 0.3 is 0 Å². The average Bonchev–Trinajstić information content (AvgIpc) is 2.93. The number of hydrogen-bond acceptors (Lipinski definition) is 1. The molecule has 0 aliphatic heterocycles. The quantitative estimate of drug-likeness (QED) is 0.427. The number of H-pyrrole nitrogens is 1. The van der Waals surface area contributed by atoms with Crippen LogP contribution in [0.4, 0.5) is 0 Å². The molecule has 0 aliphatic rings. The highest BCUT2D eigenvalue weighted by molar-refractivity contribution is 6.01. The van der Waals surface area contributed by atoms with Crippen molar-refractivity contribution in [1.82, 2.24) is 9.38 Å². The third-order valence-electron chi connectivity index (χ3n) is 4.33. The fraction of sp³-hybridized carbons (Fsp3) is 0. The lowest BCUT2D eigenvalue weighted by atomic mass is 10.1. The fourth-order valence-electron chi connectivity index (χ4n) is 3.26. The van der Waals surface area contributed by atoms with E-state index >= 15 is 0 Å². The van der Waals surface area contributed by atoms with Gasteiger partial charge in [-0.05, 0) is 22.9 Å². The summed E-state index contributed by atoms with van der Waals surface area (Å²) in [6, 6.07) is 20.3. The molecule has 0 radical (unpaired) electrons. The highest BCUT2D eigenvalue weighted by atomic mass is 16.1. The molecular formula is C19H12N2O. The molecule has 0 saturated heterocycles. The fourth-order valence-corrected chi connectivity index (χ4v) is 3.26. The maximum atomic E-state index is 12.5. The summed E-state index contributed by atoms with van der Waals surface area (Å²) in [5, 5.41) is 5.12. The van der Waals surface area contributed by atoms with Crippen LogP contribution in [-0.4, -0.2) is 9.38 Å². The van der Waals surface area contributed by atoms with Gasteiger partial charge in [-0.1, -0.05) is 48.5 Å². The second-order valence-electron chi connectivity index (χ2n) is 5.61. The van der Waals surface area contributed by atoms with Gasteiger partial charge in [0.2, 0.25) is 0 Å². The van der Waals surface area contributed by atoms with Crippen molar-refractivity contribution in [2.24, 2.45) is 0 Å². The van der Waals surface area contributed by atoms with Crippen LogP contribution in [0.25, 0.3) is 38.1 Å². The van der Waals surface area contributed by atoms with E-state index in [1.807, 2.05) is 42.5 Å². The number of rotatable bonds is 0. The van der Waals surface area contributed by atoms with Crippen LogP contribution in [0.3, 0.4) is 0 Å². The monoisotopic (exact) mass is 284 g/mol. The van der Waals surface area contributed by atoms with E-state index in [4.69, 9.17) is 0 Å². The summed E-state index contributed by atoms with van der Waals surface area (Å²) in [5.41, 5.74) is 1.74. The minimum absolute atomic E-state index is 0.0443. The van der Waals surface area contributed by atoms with E-state index in [1.165, 1.54) is 0 Å². The molecule has 22 heavy (non-hydrogen) atoms. The van der Waals surface area contributed by atoms with Gasteiger partial charge < -0.3 is 9.38 Å². The molecule has 0 atom stereocenters. The van der Waals surface area contributed by atoms with Gasteiger partial charge in [0.1, 0.15) is 5.65 Å². The maximum absolute atomic E-state index is 12.5. The van der Waals surface area contributed by atoms with Crippen LogP contribution < -0.4 is 5.56 Å². The Labute approximate surface area is 125 Å². The van der Waals surface area contributed by atoms with Crippen LogP contribution >= 0.6 is 0 Å². The van der Waals surface area contributed by atoms with Gasteiger partial charge in [0.05, 0.1) is 10.9 Å². The predicted molar refractivity (Wildman–Crippen MR) is 90.5 cm³/mol. The van der Waals surface area contributed by atoms with E-state index in [1.54, 1.807) is 0 Å². The predicted octanol–water partition coefficient (Wildman–Crippen LogP) is 4.09. The van der Waals surface area contributed by atoms with E-state index in [0.717, 1.165) is 32.7 Å². The molecule has 5 rings (SSSR count). The van der Waals surface area contributed by atoms with Gasteiger partial charge in [-0.3, -0.25) is 4.79 Å². The van der Waals surface area contributed by atoms with Crippen LogP contribution in [-0.2, 0) is 0 Å². The Morgan fingerprint density at radius 1 is 0.773 bits per heavy atom. The minimum Gasteiger partial charge on any atom is -0.307 e. The molecule has 1 N–H and O–H groups in total. The lowest BCUT2D eigenvalue weighted by Crippen LogP contribution is -2.09. The zero-order valence-electron chi connectivity index (χ0n) is 11.7. The van der Waals surface area contributed by atoms with E-state index in [9.17, 15) is 4.79 Å². The summed E-state index contributed by atoms with van der Waals surface area (Å²) in [7, 11) is 0. The standard InChI is InChI=1S/C19H12N2O/c22-19-16-9-12-5-1-2-6-13(12)10-17(16)21-11-14-7-3-4-8-15(14)18(21)20-19/h1-11H,(H,20,22). The number of nitrogens with zero attached hydrogens (tertiary/aromatic N) is 1. The molecule has 2 heterocycles. The summed E-state index contributed by atoms with van der Waals surface area (Å²) >= 11 is 0. The van der Waals surface area contributed by atoms with E-state index in [0.29, 0.717) is 5.39 Å². The molecule has 0 bridgehead atoms. The first-order valence-corrected chi connectivity index (χ1v) is 7.26. The molecule has 3 aromatic carbocycles. The molecule has 2 aromatic heterocycles. The highest BCUT2D eigenvalue weighted by Gasteiger charge is 2.10. The highest BCUT2D eigenvalue weighted by Crippen LogP contribution is 2.25. The molecule has 0 spiro atoms. The number of benzene rings is 3. The second kappa shape index (κ2) is 3.98. The average molecular weight is 284 g/mol. The van der Waals surface area contributed by atoms with E-state index in [2.05, 4.69) is 33.8 Å². The Kier molecular flexibility index (Phi) is 2.09. The van der Waals surface area contributed by atoms with Crippen molar-refractivity contribution in [2.75, 3.05) is 0 Å². The molecule has 0 amide bonds. The smallest absolute Gasteiger partial charge is 0.258 e. The third kappa shape index (κ3) is 1.42. The summed E-state index contributed by atoms with van der Waals surface area (Å²) in [5.74, 6) is 0. The summed E-state index contributed by atoms with van der Waals surface area (Å²) in [6.45, 7) is 0. The van der Waals surface area contributed by atoms with Gasteiger partial charge in [0.15, 0.2) is 0 Å². The SMILES string of the molecule is O=c1[nH]c2c3ccccc3cn2c2cc3ccccc3cc12. The maximum Gasteiger partial charge on any atom is 0.258 e. The van der Waals surface area contributed by atoms with Crippen LogP contribution in [0, 0.1) is 0 Å². The van der Waals surface area contributed by atoms with Crippen molar-refractivity contribution in [2.45, 2.75) is 0 Å². The van der Waals surface area contributed by atoms with Gasteiger partial charge in [0, 0.05) is 17.0 Å². The first kappa shape index (κ1) is 11.6. The van der Waals surface area contributed by atoms with E-state index in [-0.39, 0.29) is 5.56 Å². The number of hydrogen-bond donors (Lipinski definition) is 1. The Balaban J connectivity index is 2.11. The zero-order valence-corrected chi connectivity index (χ0v) is 11.7. The second-order valence-corrected chi connectivity index (χ2v) is 5.61. The first-order valence-electron chi connectivity index (χ1n) is 7.26. The third-order valence-corrected chi connectivity index (χ3v) is 4.33. The summed E-state index contributed by atoms with van der Waals surface area (Å²) in [6.07, 6.45) is 2.08. The van der Waals surface area contributed by atoms with Crippen LogP contribution in [0.15, 0.2) is 71.7 Å². The molecular weight excluding hydrogens is 272 g/mol. The van der Waals surface area contributed by atoms with Crippen molar-refractivity contribution in [3.8, 4) is 0 Å². The number of fused-ring (bicyclic) bond motifs is 6. The van der Waals surface area contributed by atoms with Crippen molar-refractivity contribution in [1.29, 1.82) is 0 Å². The Bertz CT molecular complexity index is 1240. The minimum atomic E-state index is -0.0443. The van der Waals surface area contributed by atoms with Gasteiger partial charge in [0.25, 0.3) is 5.56 Å². The Morgan fingerprint density at radius 3 is 2.27 bits per heavy atom. The lowest BCUT2D eigenvalue weighted by molar-refractivity contribution is 1.18. The first-order chi connectivity index (χ1) is 10.8. The van der Waals surface area contributed by atoms with Gasteiger partial charge in [-0.25, -0.2) is 0 Å². The number of aromatic nitrogens is 2. The molecule has 0 saturated carbocycles. The van der Waals surface area contributed by atoms with Crippen LogP contribution in [0.5, 0.6) is 0 Å². The van der Waals surface area contributed by atoms with Crippen LogP contribution in [0.1, 0.15) is 0 Å². The molecule has 0 aliphatic carbocycles. The van der Waals surface area contributed by atoms with Crippen molar-refractivity contribution < 1.29 is 0 Å². The van der Waals surface area contributed by atoms with E-state index < -0.39 is 0 Å². The Morgan fingerprint density at radius 2 is 1.45 bits per heavy atom. The molecule has 104 valence electrons. The topological polar surface area (TPSA) is 37.3 Å². The van der Waals surface area contributed by atoms with Crippen molar-refractivity contribution in [3.05, 3.63) is 77.2 Å². The summed E-state index contributed by atoms with van der Waals surface area (Å²) in [4.78, 5) is 15.5. The Hall–Kier alpha value is -3.07. The zero-order chi connectivity index (χ0) is 14.7. The number of nitrogens with one attached hydrogen (secondary N) is 1.